The van der Waals surface area contributed by atoms with Gasteiger partial charge in [0.2, 0.25) is 0 Å². The molecule has 0 rings (SSSR count). The molecule has 48 valence electrons. The summed E-state index contributed by atoms with van der Waals surface area (Å²) in [4.78, 5) is 22.5. The van der Waals surface area contributed by atoms with Crippen LogP contribution in [-0.4, -0.2) is 25.1 Å². The second-order valence-corrected chi connectivity index (χ2v) is 11.2. The van der Waals surface area contributed by atoms with Crippen molar-refractivity contribution in [2.24, 2.45) is 0 Å². The van der Waals surface area contributed by atoms with Crippen molar-refractivity contribution in [2.45, 2.75) is 11.5 Å². The first-order valence-corrected chi connectivity index (χ1v) is 9.18. The van der Waals surface area contributed by atoms with Crippen molar-refractivity contribution in [3.8, 4) is 0 Å². The Labute approximate surface area is 56.6 Å². The molecule has 0 heterocycles. The Morgan fingerprint density at radius 3 is 1.67 bits per heavy atom. The molecule has 0 aliphatic carbocycles. The Bertz CT molecular complexity index is 163. The monoisotopic (exact) mass is 186 g/mol. The van der Waals surface area contributed by atoms with Crippen LogP contribution in [0.15, 0.2) is 9.82 Å². The van der Waals surface area contributed by atoms with Gasteiger partial charge in [0, 0.05) is 0 Å². The van der Waals surface area contributed by atoms with Crippen LogP contribution in [0.4, 0.5) is 0 Å². The summed E-state index contributed by atoms with van der Waals surface area (Å²) in [7, 11) is 0. The van der Waals surface area contributed by atoms with Crippen molar-refractivity contribution in [3.63, 3.8) is 0 Å². The van der Waals surface area contributed by atoms with E-state index in [2.05, 4.69) is 0 Å². The van der Waals surface area contributed by atoms with Gasteiger partial charge in [0.05, 0.1) is 0 Å². The molecule has 0 aliphatic rings. The second kappa shape index (κ2) is 3.46. The van der Waals surface area contributed by atoms with E-state index in [0.29, 0.717) is 0 Å². The van der Waals surface area contributed by atoms with Crippen molar-refractivity contribution in [1.82, 2.24) is 0 Å². The first kappa shape index (κ1) is 8.44. The molecule has 0 spiro atoms. The quantitative estimate of drug-likeness (QED) is 0.464. The Morgan fingerprint density at radius 1 is 1.11 bits per heavy atom. The van der Waals surface area contributed by atoms with Crippen LogP contribution in [0.2, 0.25) is 11.5 Å². The van der Waals surface area contributed by atoms with E-state index in [1.165, 1.54) is 9.82 Å². The standard InChI is InChI=1S/C6H8GeO2/c1-7(2,3-5-8)4-6-9/h3-4H,1-2H3. The predicted molar refractivity (Wildman–Crippen MR) is 38.0 cm³/mol. The van der Waals surface area contributed by atoms with Crippen molar-refractivity contribution in [3.05, 3.63) is 9.82 Å². The number of rotatable bonds is 2. The summed E-state index contributed by atoms with van der Waals surface area (Å²) in [5, 5.41) is 0. The van der Waals surface area contributed by atoms with Crippen LogP contribution in [0.5, 0.6) is 0 Å². The van der Waals surface area contributed by atoms with E-state index in [9.17, 15) is 9.59 Å². The first-order chi connectivity index (χ1) is 4.12. The number of hydrogen-bond donors (Lipinski definition) is 0. The number of hydrogen-bond acceptors (Lipinski definition) is 2. The van der Waals surface area contributed by atoms with E-state index in [4.69, 9.17) is 0 Å². The summed E-state index contributed by atoms with van der Waals surface area (Å²) < 4.78 is 0. The molecule has 3 heteroatoms. The molecule has 9 heavy (non-hydrogen) atoms. The molecule has 0 unspecified atom stereocenters. The van der Waals surface area contributed by atoms with Gasteiger partial charge in [-0.25, -0.2) is 0 Å². The van der Waals surface area contributed by atoms with E-state index >= 15 is 0 Å². The van der Waals surface area contributed by atoms with Gasteiger partial charge in [0.15, 0.2) is 0 Å². The van der Waals surface area contributed by atoms with Crippen LogP contribution in [-0.2, 0) is 9.59 Å². The molecule has 0 bridgehead atoms. The molecule has 0 aromatic rings. The molecule has 0 amide bonds. The fourth-order valence-corrected chi connectivity index (χ4v) is 1.79. The van der Waals surface area contributed by atoms with Gasteiger partial charge in [0.1, 0.15) is 0 Å². The van der Waals surface area contributed by atoms with Crippen LogP contribution in [0.25, 0.3) is 0 Å². The molecule has 0 aromatic carbocycles. The normalized spacial score (nSPS) is 9.11. The molecule has 0 fully saturated rings. The zero-order chi connectivity index (χ0) is 7.33. The molecule has 0 aliphatic heterocycles. The minimum atomic E-state index is -2.26. The van der Waals surface area contributed by atoms with E-state index in [1.807, 2.05) is 11.5 Å². The predicted octanol–water partition coefficient (Wildman–Crippen LogP) is 0.549. The number of carbonyl (C=O) groups excluding carboxylic acids is 2. The van der Waals surface area contributed by atoms with E-state index in [-0.39, 0.29) is 0 Å². The minimum absolute atomic E-state index is 1.46. The molecule has 0 atom stereocenters. The van der Waals surface area contributed by atoms with Gasteiger partial charge >= 0.3 is 56.1 Å². The van der Waals surface area contributed by atoms with Gasteiger partial charge in [0.25, 0.3) is 0 Å². The maximum atomic E-state index is 9.81. The van der Waals surface area contributed by atoms with Gasteiger partial charge in [-0.3, -0.25) is 0 Å². The van der Waals surface area contributed by atoms with Gasteiger partial charge in [-0.15, -0.1) is 0 Å². The van der Waals surface area contributed by atoms with Crippen LogP contribution in [0.3, 0.4) is 0 Å². The van der Waals surface area contributed by atoms with Gasteiger partial charge in [-0.05, 0) is 0 Å². The molecular formula is C6H8GeO2. The molecule has 0 aromatic heterocycles. The van der Waals surface area contributed by atoms with Crippen LogP contribution in [0, 0.1) is 0 Å². The summed E-state index contributed by atoms with van der Waals surface area (Å²) >= 11 is -2.26. The van der Waals surface area contributed by atoms with Crippen molar-refractivity contribution >= 4 is 25.1 Å². The summed E-state index contributed by atoms with van der Waals surface area (Å²) in [6.07, 6.45) is 0. The summed E-state index contributed by atoms with van der Waals surface area (Å²) in [5.41, 5.74) is 0. The summed E-state index contributed by atoms with van der Waals surface area (Å²) in [6, 6.07) is 0. The van der Waals surface area contributed by atoms with E-state index in [1.54, 1.807) is 11.9 Å². The van der Waals surface area contributed by atoms with Gasteiger partial charge in [-0.1, -0.05) is 0 Å². The SMILES string of the molecule is [CH3][Ge]([CH3])([CH]=C=O)[CH]=C=O. The van der Waals surface area contributed by atoms with Crippen LogP contribution in [0.1, 0.15) is 0 Å². The van der Waals surface area contributed by atoms with Gasteiger partial charge in [-0.2, -0.15) is 0 Å². The maximum absolute atomic E-state index is 9.81. The third-order valence-electron chi connectivity index (χ3n) is 0.862. The Morgan fingerprint density at radius 2 is 1.44 bits per heavy atom. The molecule has 2 nitrogen and oxygen atoms in total. The second-order valence-electron chi connectivity index (χ2n) is 2.35. The van der Waals surface area contributed by atoms with Crippen molar-refractivity contribution in [1.29, 1.82) is 0 Å². The van der Waals surface area contributed by atoms with Crippen LogP contribution >= 0.6 is 0 Å². The topological polar surface area (TPSA) is 34.1 Å². The van der Waals surface area contributed by atoms with Crippen molar-refractivity contribution in [2.75, 3.05) is 0 Å². The van der Waals surface area contributed by atoms with Gasteiger partial charge < -0.3 is 0 Å². The third kappa shape index (κ3) is 3.98. The van der Waals surface area contributed by atoms with Crippen molar-refractivity contribution < 1.29 is 9.59 Å². The zero-order valence-electron chi connectivity index (χ0n) is 5.47. The fraction of sp³-hybridized carbons (Fsp3) is 0.333. The zero-order valence-corrected chi connectivity index (χ0v) is 7.57. The molecular weight excluding hydrogens is 177 g/mol. The average molecular weight is 185 g/mol. The third-order valence-corrected chi connectivity index (χ3v) is 4.48. The summed E-state index contributed by atoms with van der Waals surface area (Å²) in [5.74, 6) is 7.21. The fourth-order valence-electron chi connectivity index (χ4n) is 0.345. The summed E-state index contributed by atoms with van der Waals surface area (Å²) in [6.45, 7) is 0. The molecule has 0 radical (unpaired) electrons. The molecule has 0 saturated carbocycles. The van der Waals surface area contributed by atoms with E-state index in [0.717, 1.165) is 0 Å². The first-order valence-electron chi connectivity index (χ1n) is 2.56. The van der Waals surface area contributed by atoms with Crippen LogP contribution < -0.4 is 0 Å². The van der Waals surface area contributed by atoms with E-state index < -0.39 is 13.3 Å². The Kier molecular flexibility index (Phi) is 3.25. The Balaban J connectivity index is 4.36. The molecule has 0 saturated heterocycles. The molecule has 0 N–H and O–H groups in total. The average Bonchev–Trinajstić information content (AvgIpc) is 1.64. The Hall–Kier alpha value is -0.557.